The Kier molecular flexibility index (Phi) is 7.32. The predicted octanol–water partition coefficient (Wildman–Crippen LogP) is 6.69. The monoisotopic (exact) mass is 685 g/mol. The second-order valence-corrected chi connectivity index (χ2v) is 15.1. The molecule has 6 aromatic rings. The summed E-state index contributed by atoms with van der Waals surface area (Å²) in [6, 6.07) is 35.5. The number of nitrogens with zero attached hydrogens (tertiary/aromatic N) is 3. The molecule has 7 nitrogen and oxygen atoms in total. The van der Waals surface area contributed by atoms with Crippen LogP contribution < -0.4 is 0 Å². The first-order chi connectivity index (χ1) is 21.3. The van der Waals surface area contributed by atoms with Gasteiger partial charge >= 0.3 is 0 Å². The molecule has 0 fully saturated rings. The largest absolute Gasteiger partial charge is 0.294 e. The summed E-state index contributed by atoms with van der Waals surface area (Å²) in [5.74, 6) is 0. The van der Waals surface area contributed by atoms with Gasteiger partial charge in [0.15, 0.2) is 0 Å². The van der Waals surface area contributed by atoms with E-state index in [2.05, 4.69) is 20.8 Å². The minimum Gasteiger partial charge on any atom is -0.294 e. The van der Waals surface area contributed by atoms with E-state index in [4.69, 9.17) is 0 Å². The van der Waals surface area contributed by atoms with Crippen molar-refractivity contribution >= 4 is 68.9 Å². The molecule has 0 amide bonds. The number of alkyl halides is 1. The lowest BCUT2D eigenvalue weighted by molar-refractivity contribution is 0.383. The maximum Gasteiger partial charge on any atom is 0.268 e. The first kappa shape index (κ1) is 28.8. The van der Waals surface area contributed by atoms with Crippen molar-refractivity contribution < 1.29 is 16.8 Å². The normalized spacial score (nSPS) is 14.7. The Bertz CT molecular complexity index is 2120. The molecule has 0 aliphatic carbocycles. The summed E-state index contributed by atoms with van der Waals surface area (Å²) >= 11 is 3.56. The molecule has 1 aliphatic rings. The van der Waals surface area contributed by atoms with Gasteiger partial charge in [0, 0.05) is 35.7 Å². The van der Waals surface area contributed by atoms with Crippen LogP contribution in [0.15, 0.2) is 131 Å². The molecular weight excluding hydrogens is 658 g/mol. The summed E-state index contributed by atoms with van der Waals surface area (Å²) in [5.41, 5.74) is 3.72. The van der Waals surface area contributed by atoms with Crippen LogP contribution in [-0.4, -0.2) is 54.6 Å². The van der Waals surface area contributed by atoms with E-state index in [9.17, 15) is 16.8 Å². The van der Waals surface area contributed by atoms with E-state index in [1.165, 1.54) is 7.94 Å². The average Bonchev–Trinajstić information content (AvgIpc) is 3.75. The lowest BCUT2D eigenvalue weighted by atomic mass is 10.1. The fourth-order valence-electron chi connectivity index (χ4n) is 6.04. The summed E-state index contributed by atoms with van der Waals surface area (Å²) < 4.78 is 60.1. The number of halogens is 1. The molecule has 0 spiro atoms. The van der Waals surface area contributed by atoms with Gasteiger partial charge in [0.2, 0.25) is 0 Å². The number of fused-ring (bicyclic) bond motifs is 2. The molecule has 0 atom stereocenters. The van der Waals surface area contributed by atoms with Crippen molar-refractivity contribution in [1.82, 2.24) is 12.8 Å². The zero-order chi connectivity index (χ0) is 30.5. The van der Waals surface area contributed by atoms with Crippen molar-refractivity contribution in [3.63, 3.8) is 0 Å². The highest BCUT2D eigenvalue weighted by Gasteiger charge is 2.34. The molecular formula is C34H28BrN3O4S2. The van der Waals surface area contributed by atoms with E-state index in [-0.39, 0.29) is 9.79 Å². The summed E-state index contributed by atoms with van der Waals surface area (Å²) in [4.78, 5) is 2.56. The number of para-hydroxylation sites is 2. The van der Waals surface area contributed by atoms with Crippen molar-refractivity contribution in [2.24, 2.45) is 0 Å². The van der Waals surface area contributed by atoms with Crippen molar-refractivity contribution in [1.29, 1.82) is 0 Å². The van der Waals surface area contributed by atoms with Crippen molar-refractivity contribution in [3.05, 3.63) is 133 Å². The van der Waals surface area contributed by atoms with Gasteiger partial charge in [-0.3, -0.25) is 4.90 Å². The minimum absolute atomic E-state index is 0.181. The summed E-state index contributed by atoms with van der Waals surface area (Å²) in [6.45, 7) is 1.60. The van der Waals surface area contributed by atoms with E-state index in [0.717, 1.165) is 21.9 Å². The molecule has 3 heterocycles. The molecule has 0 N–H and O–H groups in total. The van der Waals surface area contributed by atoms with Crippen LogP contribution in [0.2, 0.25) is 0 Å². The van der Waals surface area contributed by atoms with E-state index >= 15 is 0 Å². The minimum atomic E-state index is -4.00. The summed E-state index contributed by atoms with van der Waals surface area (Å²) in [5, 5.41) is 2.28. The summed E-state index contributed by atoms with van der Waals surface area (Å²) in [7, 11) is -8.00. The molecule has 44 heavy (non-hydrogen) atoms. The molecule has 1 aliphatic heterocycles. The maximum absolute atomic E-state index is 14.3. The standard InChI is InChI=1S/C34H28BrN3O4S2/c35-19-20-36-23-29(33-21-25-11-7-9-17-31(25)37(33)43(39,40)27-13-3-1-4-14-27)30(24-36)34-22-26-12-8-10-18-32(26)38(34)44(41,42)28-15-5-2-6-16-28/h1-18,21-22H,19-20,23-24H2. The Balaban J connectivity index is 1.55. The van der Waals surface area contributed by atoms with Crippen LogP contribution in [0, 0.1) is 0 Å². The van der Waals surface area contributed by atoms with Gasteiger partial charge in [-0.1, -0.05) is 88.7 Å². The third-order valence-corrected chi connectivity index (χ3v) is 11.9. The molecule has 0 bridgehead atoms. The second-order valence-electron chi connectivity index (χ2n) is 10.7. The number of benzene rings is 4. The molecule has 0 saturated heterocycles. The first-order valence-corrected chi connectivity index (χ1v) is 18.1. The van der Waals surface area contributed by atoms with Crippen LogP contribution >= 0.6 is 15.9 Å². The zero-order valence-electron chi connectivity index (χ0n) is 23.5. The Labute approximate surface area is 264 Å². The van der Waals surface area contributed by atoms with Gasteiger partial charge in [-0.2, -0.15) is 0 Å². The number of hydrogen-bond donors (Lipinski definition) is 0. The quantitative estimate of drug-likeness (QED) is 0.167. The Morgan fingerprint density at radius 1 is 0.545 bits per heavy atom. The predicted molar refractivity (Wildman–Crippen MR) is 179 cm³/mol. The molecule has 2 aromatic heterocycles. The highest BCUT2D eigenvalue weighted by atomic mass is 79.9. The fourth-order valence-corrected chi connectivity index (χ4v) is 9.66. The molecule has 0 unspecified atom stereocenters. The Hall–Kier alpha value is -3.96. The molecule has 0 radical (unpaired) electrons. The molecule has 10 heteroatoms. The molecule has 7 rings (SSSR count). The lowest BCUT2D eigenvalue weighted by Crippen LogP contribution is -2.24. The smallest absolute Gasteiger partial charge is 0.268 e. The Morgan fingerprint density at radius 3 is 1.34 bits per heavy atom. The van der Waals surface area contributed by atoms with E-state index in [0.29, 0.717) is 47.4 Å². The Morgan fingerprint density at radius 2 is 0.932 bits per heavy atom. The van der Waals surface area contributed by atoms with Crippen LogP contribution in [-0.2, 0) is 20.0 Å². The zero-order valence-corrected chi connectivity index (χ0v) is 26.8. The first-order valence-electron chi connectivity index (χ1n) is 14.1. The van der Waals surface area contributed by atoms with Gasteiger partial charge in [0.1, 0.15) is 0 Å². The van der Waals surface area contributed by atoms with Gasteiger partial charge in [0.05, 0.1) is 32.2 Å². The van der Waals surface area contributed by atoms with E-state index < -0.39 is 20.0 Å². The maximum atomic E-state index is 14.3. The van der Waals surface area contributed by atoms with Crippen molar-refractivity contribution in [2.75, 3.05) is 25.0 Å². The van der Waals surface area contributed by atoms with Gasteiger partial charge in [-0.25, -0.2) is 24.8 Å². The molecule has 4 aromatic carbocycles. The van der Waals surface area contributed by atoms with Gasteiger partial charge < -0.3 is 0 Å². The van der Waals surface area contributed by atoms with Gasteiger partial charge in [-0.15, -0.1) is 0 Å². The summed E-state index contributed by atoms with van der Waals surface area (Å²) in [6.07, 6.45) is 0. The third kappa shape index (κ3) is 4.73. The van der Waals surface area contributed by atoms with Crippen molar-refractivity contribution in [2.45, 2.75) is 9.79 Å². The number of aromatic nitrogens is 2. The van der Waals surface area contributed by atoms with Gasteiger partial charge in [0.25, 0.3) is 20.0 Å². The van der Waals surface area contributed by atoms with Crippen LogP contribution in [0.3, 0.4) is 0 Å². The SMILES string of the molecule is O=S(=O)(c1ccccc1)n1c(C2=C(c3cc4ccccc4n3S(=O)(=O)c3ccccc3)CN(CCBr)C2)cc2ccccc21. The van der Waals surface area contributed by atoms with E-state index in [1.54, 1.807) is 60.7 Å². The fraction of sp³-hybridized carbons (Fsp3) is 0.118. The van der Waals surface area contributed by atoms with Crippen molar-refractivity contribution in [3.8, 4) is 0 Å². The van der Waals surface area contributed by atoms with Crippen LogP contribution in [0.5, 0.6) is 0 Å². The highest BCUT2D eigenvalue weighted by Crippen LogP contribution is 2.40. The van der Waals surface area contributed by atoms with Crippen LogP contribution in [0.1, 0.15) is 11.4 Å². The lowest BCUT2D eigenvalue weighted by Gasteiger charge is -2.16. The van der Waals surface area contributed by atoms with Gasteiger partial charge in [-0.05, 0) is 59.7 Å². The topological polar surface area (TPSA) is 81.4 Å². The average molecular weight is 687 g/mol. The third-order valence-electron chi connectivity index (χ3n) is 8.04. The second kappa shape index (κ2) is 11.2. The molecule has 222 valence electrons. The number of hydrogen-bond acceptors (Lipinski definition) is 5. The molecule has 0 saturated carbocycles. The van der Waals surface area contributed by atoms with Crippen LogP contribution in [0.4, 0.5) is 0 Å². The van der Waals surface area contributed by atoms with E-state index in [1.807, 2.05) is 60.7 Å². The number of rotatable bonds is 8. The van der Waals surface area contributed by atoms with Crippen LogP contribution in [0.25, 0.3) is 33.0 Å². The highest BCUT2D eigenvalue weighted by molar-refractivity contribution is 9.09.